The average Bonchev–Trinajstić information content (AvgIpc) is 2.81. The molecule has 1 aliphatic rings. The predicted molar refractivity (Wildman–Crippen MR) is 135 cm³/mol. The number of carbonyl (C=O) groups is 2. The first kappa shape index (κ1) is 27.7. The Balaban J connectivity index is 1.82. The molecule has 1 aliphatic heterocycles. The highest BCUT2D eigenvalue weighted by atomic mass is 19.1. The molecule has 8 heteroatoms. The second kappa shape index (κ2) is 11.9. The minimum Gasteiger partial charge on any atom is -0.390 e. The van der Waals surface area contributed by atoms with Crippen LogP contribution in [0, 0.1) is 11.6 Å². The van der Waals surface area contributed by atoms with Crippen molar-refractivity contribution in [2.45, 2.75) is 70.6 Å². The van der Waals surface area contributed by atoms with Gasteiger partial charge >= 0.3 is 0 Å². The summed E-state index contributed by atoms with van der Waals surface area (Å²) in [6.45, 7) is 8.49. The van der Waals surface area contributed by atoms with Gasteiger partial charge in [-0.3, -0.25) is 9.59 Å². The van der Waals surface area contributed by atoms with E-state index in [2.05, 4.69) is 42.7 Å². The van der Waals surface area contributed by atoms with E-state index in [-0.39, 0.29) is 24.8 Å². The first-order valence-electron chi connectivity index (χ1n) is 12.5. The lowest BCUT2D eigenvalue weighted by atomic mass is 9.79. The van der Waals surface area contributed by atoms with Crippen molar-refractivity contribution in [1.29, 1.82) is 0 Å². The summed E-state index contributed by atoms with van der Waals surface area (Å²) in [5.74, 6) is -1.38. The largest absolute Gasteiger partial charge is 0.390 e. The summed E-state index contributed by atoms with van der Waals surface area (Å²) in [6.07, 6.45) is 0.392. The minimum atomic E-state index is -1.02. The third-order valence-electron chi connectivity index (χ3n) is 7.05. The topological polar surface area (TPSA) is 81.7 Å². The van der Waals surface area contributed by atoms with Gasteiger partial charge < -0.3 is 20.6 Å². The Morgan fingerprint density at radius 1 is 1.06 bits per heavy atom. The maximum absolute atomic E-state index is 13.7. The Morgan fingerprint density at radius 2 is 1.69 bits per heavy atom. The molecule has 0 unspecified atom stereocenters. The molecule has 2 atom stereocenters. The van der Waals surface area contributed by atoms with Crippen molar-refractivity contribution < 1.29 is 23.5 Å². The van der Waals surface area contributed by atoms with Crippen LogP contribution in [0.15, 0.2) is 42.5 Å². The average molecular weight is 502 g/mol. The van der Waals surface area contributed by atoms with E-state index in [0.717, 1.165) is 11.6 Å². The summed E-state index contributed by atoms with van der Waals surface area (Å²) in [4.78, 5) is 25.6. The van der Waals surface area contributed by atoms with Gasteiger partial charge in [0.15, 0.2) is 0 Å². The minimum absolute atomic E-state index is 0.0348. The van der Waals surface area contributed by atoms with Gasteiger partial charge in [-0.2, -0.15) is 0 Å². The summed E-state index contributed by atoms with van der Waals surface area (Å²) in [7, 11) is 0. The smallest absolute Gasteiger partial charge is 0.219 e. The number of halogens is 2. The molecule has 196 valence electrons. The van der Waals surface area contributed by atoms with E-state index in [1.54, 1.807) is 6.92 Å². The monoisotopic (exact) mass is 501 g/mol. The van der Waals surface area contributed by atoms with E-state index in [9.17, 15) is 23.5 Å². The number of hydrogen-bond acceptors (Lipinski definition) is 4. The van der Waals surface area contributed by atoms with Crippen LogP contribution in [0.5, 0.6) is 0 Å². The van der Waals surface area contributed by atoms with E-state index in [0.29, 0.717) is 37.4 Å². The Labute approximate surface area is 212 Å². The standard InChI is InChI=1S/C28H37F2N3O3/c1-18(2)22-6-5-7-23(15-22)28(8-10-33(11-9-28)20(4)35)31-17-27(36)26(32-19(3)34)14-21-12-24(29)16-25(30)13-21/h5-7,12-13,15-16,18,26-27,31,36H,8-11,14,17H2,1-4H3,(H,32,34)/t26-,27+/m0/s1. The van der Waals surface area contributed by atoms with Crippen LogP contribution < -0.4 is 10.6 Å². The highest BCUT2D eigenvalue weighted by Crippen LogP contribution is 2.34. The van der Waals surface area contributed by atoms with Crippen LogP contribution in [0.25, 0.3) is 0 Å². The molecule has 0 bridgehead atoms. The number of nitrogens with one attached hydrogen (secondary N) is 2. The van der Waals surface area contributed by atoms with Crippen molar-refractivity contribution in [3.63, 3.8) is 0 Å². The Hall–Kier alpha value is -2.84. The van der Waals surface area contributed by atoms with E-state index in [1.165, 1.54) is 24.6 Å². The van der Waals surface area contributed by atoms with Gasteiger partial charge in [0.1, 0.15) is 11.6 Å². The zero-order valence-electron chi connectivity index (χ0n) is 21.5. The third kappa shape index (κ3) is 7.11. The van der Waals surface area contributed by atoms with Gasteiger partial charge in [-0.05, 0) is 54.0 Å². The predicted octanol–water partition coefficient (Wildman–Crippen LogP) is 3.62. The van der Waals surface area contributed by atoms with Crippen molar-refractivity contribution in [2.75, 3.05) is 19.6 Å². The Kier molecular flexibility index (Phi) is 9.19. The van der Waals surface area contributed by atoms with Crippen molar-refractivity contribution in [3.8, 4) is 0 Å². The molecule has 1 heterocycles. The quantitative estimate of drug-likeness (QED) is 0.490. The molecule has 3 rings (SSSR count). The molecule has 0 aliphatic carbocycles. The van der Waals surface area contributed by atoms with E-state index in [4.69, 9.17) is 0 Å². The number of carbonyl (C=O) groups excluding carboxylic acids is 2. The summed E-state index contributed by atoms with van der Waals surface area (Å²) in [5, 5.41) is 17.4. The van der Waals surface area contributed by atoms with E-state index in [1.807, 2.05) is 11.0 Å². The zero-order chi connectivity index (χ0) is 26.5. The first-order chi connectivity index (χ1) is 17.0. The lowest BCUT2D eigenvalue weighted by Crippen LogP contribution is -2.56. The molecule has 2 amide bonds. The lowest BCUT2D eigenvalue weighted by molar-refractivity contribution is -0.130. The van der Waals surface area contributed by atoms with Gasteiger partial charge in [-0.15, -0.1) is 0 Å². The number of aliphatic hydroxyl groups is 1. The van der Waals surface area contributed by atoms with Crippen LogP contribution in [0.4, 0.5) is 8.78 Å². The third-order valence-corrected chi connectivity index (χ3v) is 7.05. The summed E-state index contributed by atoms with van der Waals surface area (Å²) < 4.78 is 27.4. The molecular formula is C28H37F2N3O3. The second-order valence-corrected chi connectivity index (χ2v) is 10.1. The molecule has 0 aromatic heterocycles. The fourth-order valence-corrected chi connectivity index (χ4v) is 4.94. The fraction of sp³-hybridized carbons (Fsp3) is 0.500. The first-order valence-corrected chi connectivity index (χ1v) is 12.5. The number of benzene rings is 2. The zero-order valence-corrected chi connectivity index (χ0v) is 21.5. The van der Waals surface area contributed by atoms with Crippen LogP contribution in [0.2, 0.25) is 0 Å². The van der Waals surface area contributed by atoms with Crippen LogP contribution in [0.3, 0.4) is 0 Å². The van der Waals surface area contributed by atoms with Gasteiger partial charge in [0.05, 0.1) is 12.1 Å². The van der Waals surface area contributed by atoms with Crippen molar-refractivity contribution in [3.05, 3.63) is 70.8 Å². The number of hydrogen-bond donors (Lipinski definition) is 3. The molecule has 2 aromatic rings. The number of likely N-dealkylation sites (tertiary alicyclic amines) is 1. The van der Waals surface area contributed by atoms with Crippen molar-refractivity contribution >= 4 is 11.8 Å². The molecule has 6 nitrogen and oxygen atoms in total. The van der Waals surface area contributed by atoms with Gasteiger partial charge in [0, 0.05) is 45.1 Å². The number of nitrogens with zero attached hydrogens (tertiary/aromatic N) is 1. The van der Waals surface area contributed by atoms with Gasteiger partial charge in [0.25, 0.3) is 0 Å². The van der Waals surface area contributed by atoms with Gasteiger partial charge in [0.2, 0.25) is 11.8 Å². The van der Waals surface area contributed by atoms with Crippen molar-refractivity contribution in [1.82, 2.24) is 15.5 Å². The fourth-order valence-electron chi connectivity index (χ4n) is 4.94. The second-order valence-electron chi connectivity index (χ2n) is 10.1. The van der Waals surface area contributed by atoms with Crippen LogP contribution in [0.1, 0.15) is 63.1 Å². The number of aliphatic hydroxyl groups excluding tert-OH is 1. The summed E-state index contributed by atoms with van der Waals surface area (Å²) in [5.41, 5.74) is 2.17. The van der Waals surface area contributed by atoms with Gasteiger partial charge in [-0.25, -0.2) is 8.78 Å². The molecular weight excluding hydrogens is 464 g/mol. The maximum atomic E-state index is 13.7. The number of rotatable bonds is 9. The Morgan fingerprint density at radius 3 is 2.25 bits per heavy atom. The molecule has 0 spiro atoms. The molecule has 2 aromatic carbocycles. The lowest BCUT2D eigenvalue weighted by Gasteiger charge is -2.44. The normalized spacial score (nSPS) is 17.1. The molecule has 1 saturated heterocycles. The SMILES string of the molecule is CC(=O)N[C@@H](Cc1cc(F)cc(F)c1)[C@H](O)CNC1(c2cccc(C(C)C)c2)CCN(C(C)=O)CC1. The summed E-state index contributed by atoms with van der Waals surface area (Å²) in [6, 6.07) is 10.8. The molecule has 0 saturated carbocycles. The van der Waals surface area contributed by atoms with Crippen LogP contribution in [-0.4, -0.2) is 53.6 Å². The van der Waals surface area contributed by atoms with Gasteiger partial charge in [-0.1, -0.05) is 38.1 Å². The van der Waals surface area contributed by atoms with E-state index >= 15 is 0 Å². The maximum Gasteiger partial charge on any atom is 0.219 e. The molecule has 0 radical (unpaired) electrons. The van der Waals surface area contributed by atoms with Crippen LogP contribution in [-0.2, 0) is 21.5 Å². The highest BCUT2D eigenvalue weighted by molar-refractivity contribution is 5.73. The van der Waals surface area contributed by atoms with Crippen molar-refractivity contribution in [2.24, 2.45) is 0 Å². The number of amides is 2. The Bertz CT molecular complexity index is 1050. The molecule has 1 fully saturated rings. The highest BCUT2D eigenvalue weighted by Gasteiger charge is 2.38. The number of piperidine rings is 1. The molecule has 3 N–H and O–H groups in total. The van der Waals surface area contributed by atoms with Crippen LogP contribution >= 0.6 is 0 Å². The molecule has 36 heavy (non-hydrogen) atoms. The van der Waals surface area contributed by atoms with E-state index < -0.39 is 29.3 Å². The summed E-state index contributed by atoms with van der Waals surface area (Å²) >= 11 is 0.